The first-order valence-electron chi connectivity index (χ1n) is 9.48. The minimum absolute atomic E-state index is 0.138. The summed E-state index contributed by atoms with van der Waals surface area (Å²) < 4.78 is 6.55. The summed E-state index contributed by atoms with van der Waals surface area (Å²) in [6.07, 6.45) is 0.923. The van der Waals surface area contributed by atoms with Crippen LogP contribution >= 0.6 is 15.9 Å². The van der Waals surface area contributed by atoms with Gasteiger partial charge in [-0.15, -0.1) is 0 Å². The number of carbonyl (C=O) groups excluding carboxylic acids is 2. The molecule has 0 radical (unpaired) electrons. The Kier molecular flexibility index (Phi) is 8.51. The highest BCUT2D eigenvalue weighted by Crippen LogP contribution is 2.26. The molecule has 0 aliphatic heterocycles. The molecule has 1 unspecified atom stereocenters. The molecule has 150 valence electrons. The highest BCUT2D eigenvalue weighted by molar-refractivity contribution is 9.10. The number of aryl methyl sites for hydroxylation is 1. The van der Waals surface area contributed by atoms with E-state index in [1.165, 1.54) is 5.56 Å². The van der Waals surface area contributed by atoms with Gasteiger partial charge in [-0.2, -0.15) is 0 Å². The number of ether oxygens (including phenoxy) is 1. The van der Waals surface area contributed by atoms with E-state index in [-0.39, 0.29) is 18.4 Å². The van der Waals surface area contributed by atoms with Crippen LogP contribution in [0, 0.1) is 0 Å². The molecule has 0 fully saturated rings. The molecule has 0 bridgehead atoms. The Morgan fingerprint density at radius 1 is 1.11 bits per heavy atom. The van der Waals surface area contributed by atoms with Crippen molar-refractivity contribution in [1.29, 1.82) is 0 Å². The molecule has 1 N–H and O–H groups in total. The van der Waals surface area contributed by atoms with E-state index in [4.69, 9.17) is 4.74 Å². The number of nitrogens with one attached hydrogen (secondary N) is 1. The van der Waals surface area contributed by atoms with Crippen LogP contribution in [-0.4, -0.2) is 35.9 Å². The Labute approximate surface area is 175 Å². The number of hydrogen-bond acceptors (Lipinski definition) is 3. The molecule has 0 saturated carbocycles. The van der Waals surface area contributed by atoms with Crippen molar-refractivity contribution in [1.82, 2.24) is 10.2 Å². The molecular weight excluding hydrogens is 420 g/mol. The first kappa shape index (κ1) is 22.0. The van der Waals surface area contributed by atoms with Crippen LogP contribution in [0.15, 0.2) is 53.0 Å². The normalized spacial score (nSPS) is 11.6. The first-order valence-corrected chi connectivity index (χ1v) is 10.3. The van der Waals surface area contributed by atoms with Crippen molar-refractivity contribution in [2.75, 3.05) is 13.2 Å². The van der Waals surface area contributed by atoms with Crippen molar-refractivity contribution in [3.05, 3.63) is 64.1 Å². The fraction of sp³-hybridized carbons (Fsp3) is 0.364. The Hall–Kier alpha value is -2.34. The lowest BCUT2D eigenvalue weighted by molar-refractivity contribution is -0.142. The predicted molar refractivity (Wildman–Crippen MR) is 114 cm³/mol. The lowest BCUT2D eigenvalue weighted by atomic mass is 10.1. The molecule has 0 aliphatic carbocycles. The largest absolute Gasteiger partial charge is 0.483 e. The molecule has 0 heterocycles. The van der Waals surface area contributed by atoms with E-state index in [1.54, 1.807) is 11.8 Å². The summed E-state index contributed by atoms with van der Waals surface area (Å²) in [5.41, 5.74) is 2.14. The molecule has 0 spiro atoms. The standard InChI is InChI=1S/C22H27BrN2O3/c1-4-17-11-12-20(19(23)13-17)28-15-21(26)25(16(3)22(27)24-5-2)14-18-9-7-6-8-10-18/h6-13,16H,4-5,14-15H2,1-3H3,(H,24,27). The maximum absolute atomic E-state index is 12.9. The highest BCUT2D eigenvalue weighted by atomic mass is 79.9. The third-order valence-corrected chi connectivity index (χ3v) is 5.09. The van der Waals surface area contributed by atoms with Gasteiger partial charge in [0.15, 0.2) is 6.61 Å². The maximum atomic E-state index is 12.9. The topological polar surface area (TPSA) is 58.6 Å². The quantitative estimate of drug-likeness (QED) is 0.634. The molecule has 6 heteroatoms. The number of likely N-dealkylation sites (N-methyl/N-ethyl adjacent to an activating group) is 1. The average Bonchev–Trinajstić information content (AvgIpc) is 2.71. The van der Waals surface area contributed by atoms with Crippen LogP contribution in [0.2, 0.25) is 0 Å². The third-order valence-electron chi connectivity index (χ3n) is 4.47. The fourth-order valence-electron chi connectivity index (χ4n) is 2.79. The van der Waals surface area contributed by atoms with Gasteiger partial charge in [-0.1, -0.05) is 43.3 Å². The summed E-state index contributed by atoms with van der Waals surface area (Å²) in [7, 11) is 0. The number of nitrogens with zero attached hydrogens (tertiary/aromatic N) is 1. The molecule has 2 amide bonds. The van der Waals surface area contributed by atoms with Gasteiger partial charge in [0.05, 0.1) is 4.47 Å². The first-order chi connectivity index (χ1) is 13.5. The van der Waals surface area contributed by atoms with Crippen molar-refractivity contribution in [2.24, 2.45) is 0 Å². The fourth-order valence-corrected chi connectivity index (χ4v) is 3.33. The molecule has 1 atom stereocenters. The summed E-state index contributed by atoms with van der Waals surface area (Å²) in [6, 6.07) is 14.8. The second-order valence-corrected chi connectivity index (χ2v) is 7.34. The van der Waals surface area contributed by atoms with E-state index in [2.05, 4.69) is 28.2 Å². The van der Waals surface area contributed by atoms with Crippen molar-refractivity contribution >= 4 is 27.7 Å². The van der Waals surface area contributed by atoms with Crippen LogP contribution in [-0.2, 0) is 22.6 Å². The van der Waals surface area contributed by atoms with Crippen LogP contribution < -0.4 is 10.1 Å². The van der Waals surface area contributed by atoms with Gasteiger partial charge in [0, 0.05) is 13.1 Å². The van der Waals surface area contributed by atoms with E-state index in [1.807, 2.05) is 55.5 Å². The molecule has 0 aromatic heterocycles. The second-order valence-electron chi connectivity index (χ2n) is 6.48. The molecule has 2 aromatic carbocycles. The number of rotatable bonds is 9. The van der Waals surface area contributed by atoms with Crippen LogP contribution in [0.5, 0.6) is 5.75 Å². The van der Waals surface area contributed by atoms with Crippen molar-refractivity contribution < 1.29 is 14.3 Å². The van der Waals surface area contributed by atoms with Crippen LogP contribution in [0.4, 0.5) is 0 Å². The van der Waals surface area contributed by atoms with E-state index < -0.39 is 6.04 Å². The minimum Gasteiger partial charge on any atom is -0.483 e. The SMILES string of the molecule is CCNC(=O)C(C)N(Cc1ccccc1)C(=O)COc1ccc(CC)cc1Br. The summed E-state index contributed by atoms with van der Waals surface area (Å²) in [4.78, 5) is 26.8. The van der Waals surface area contributed by atoms with Gasteiger partial charge in [0.1, 0.15) is 11.8 Å². The Morgan fingerprint density at radius 3 is 2.43 bits per heavy atom. The number of hydrogen-bond donors (Lipinski definition) is 1. The van der Waals surface area contributed by atoms with Crippen LogP contribution in [0.1, 0.15) is 31.9 Å². The summed E-state index contributed by atoms with van der Waals surface area (Å²) in [6.45, 7) is 6.39. The van der Waals surface area contributed by atoms with Gasteiger partial charge in [0.25, 0.3) is 5.91 Å². The van der Waals surface area contributed by atoms with Gasteiger partial charge in [-0.25, -0.2) is 0 Å². The Morgan fingerprint density at radius 2 is 1.82 bits per heavy atom. The molecule has 0 aliphatic rings. The summed E-state index contributed by atoms with van der Waals surface area (Å²) in [5, 5.41) is 2.78. The zero-order chi connectivity index (χ0) is 20.5. The predicted octanol–water partition coefficient (Wildman–Crippen LogP) is 3.94. The van der Waals surface area contributed by atoms with E-state index in [9.17, 15) is 9.59 Å². The molecule has 28 heavy (non-hydrogen) atoms. The average molecular weight is 447 g/mol. The molecule has 0 saturated heterocycles. The van der Waals surface area contributed by atoms with Gasteiger partial charge in [-0.3, -0.25) is 9.59 Å². The van der Waals surface area contributed by atoms with E-state index in [0.29, 0.717) is 18.8 Å². The number of benzene rings is 2. The van der Waals surface area contributed by atoms with Gasteiger partial charge in [-0.05, 0) is 59.5 Å². The maximum Gasteiger partial charge on any atom is 0.261 e. The number of halogens is 1. The molecule has 5 nitrogen and oxygen atoms in total. The van der Waals surface area contributed by atoms with Gasteiger partial charge < -0.3 is 15.0 Å². The molecule has 2 rings (SSSR count). The van der Waals surface area contributed by atoms with Crippen LogP contribution in [0.25, 0.3) is 0 Å². The van der Waals surface area contributed by atoms with Gasteiger partial charge in [0.2, 0.25) is 5.91 Å². The van der Waals surface area contributed by atoms with E-state index >= 15 is 0 Å². The smallest absolute Gasteiger partial charge is 0.261 e. The molecule has 2 aromatic rings. The monoisotopic (exact) mass is 446 g/mol. The van der Waals surface area contributed by atoms with Gasteiger partial charge >= 0.3 is 0 Å². The minimum atomic E-state index is -0.595. The van der Waals surface area contributed by atoms with Crippen molar-refractivity contribution in [2.45, 2.75) is 39.8 Å². The third kappa shape index (κ3) is 6.09. The van der Waals surface area contributed by atoms with Crippen molar-refractivity contribution in [3.8, 4) is 5.75 Å². The Balaban J connectivity index is 2.12. The Bertz CT molecular complexity index is 796. The second kappa shape index (κ2) is 10.9. The highest BCUT2D eigenvalue weighted by Gasteiger charge is 2.26. The molecular formula is C22H27BrN2O3. The lowest BCUT2D eigenvalue weighted by Crippen LogP contribution is -2.49. The lowest BCUT2D eigenvalue weighted by Gasteiger charge is -2.28. The zero-order valence-electron chi connectivity index (χ0n) is 16.6. The van der Waals surface area contributed by atoms with Crippen LogP contribution in [0.3, 0.4) is 0 Å². The van der Waals surface area contributed by atoms with E-state index in [0.717, 1.165) is 16.5 Å². The number of amides is 2. The summed E-state index contributed by atoms with van der Waals surface area (Å²) in [5.74, 6) is 0.185. The van der Waals surface area contributed by atoms with Crippen molar-refractivity contribution in [3.63, 3.8) is 0 Å². The summed E-state index contributed by atoms with van der Waals surface area (Å²) >= 11 is 3.49. The zero-order valence-corrected chi connectivity index (χ0v) is 18.2. The number of carbonyl (C=O) groups is 2.